The van der Waals surface area contributed by atoms with Crippen LogP contribution in [0.3, 0.4) is 0 Å². The van der Waals surface area contributed by atoms with Gasteiger partial charge >= 0.3 is 6.36 Å². The van der Waals surface area contributed by atoms with Crippen molar-refractivity contribution in [1.29, 1.82) is 5.26 Å². The average Bonchev–Trinajstić information content (AvgIpc) is 2.89. The van der Waals surface area contributed by atoms with Crippen molar-refractivity contribution in [2.24, 2.45) is 23.2 Å². The van der Waals surface area contributed by atoms with Crippen molar-refractivity contribution in [1.82, 2.24) is 15.3 Å². The number of aromatic nitrogens is 2. The Balaban J connectivity index is 1.22. The van der Waals surface area contributed by atoms with E-state index in [1.54, 1.807) is 12.1 Å². The molecular formula is C28H35F3N6O2. The first-order chi connectivity index (χ1) is 18.8. The van der Waals surface area contributed by atoms with Gasteiger partial charge in [0.15, 0.2) is 0 Å². The molecule has 210 valence electrons. The molecule has 6 rings (SSSR count). The number of benzene rings is 1. The van der Waals surface area contributed by atoms with Gasteiger partial charge in [0.05, 0.1) is 6.20 Å². The van der Waals surface area contributed by atoms with Crippen LogP contribution in [0, 0.1) is 34.5 Å². The molecule has 8 nitrogen and oxygen atoms in total. The lowest BCUT2D eigenvalue weighted by molar-refractivity contribution is -0.274. The maximum absolute atomic E-state index is 12.8. The van der Waals surface area contributed by atoms with Crippen LogP contribution >= 0.6 is 0 Å². The fourth-order valence-corrected chi connectivity index (χ4v) is 7.25. The molecule has 4 aliphatic rings. The molecule has 4 saturated carbocycles. The van der Waals surface area contributed by atoms with Crippen LogP contribution in [0.4, 0.5) is 24.9 Å². The minimum absolute atomic E-state index is 0.0270. The van der Waals surface area contributed by atoms with Crippen molar-refractivity contribution in [3.05, 3.63) is 41.6 Å². The standard InChI is InChI=1S/C28H35F3N6O2/c29-28(30,31)39-23-6-2-1-5-19(23)15-34-26-35-16-22(14-32)25(37-26)36-17-27-11-18-9-20(12-27)24(21(10-18)13-27)33-7-3-4-8-38/h1-2,5-6,16,18,20-21,24,33,38H,3-4,7-13,15,17H2,(H2,34,35,36,37)/t18?,20-,21+,24-,27+. The molecule has 2 aromatic rings. The summed E-state index contributed by atoms with van der Waals surface area (Å²) >= 11 is 0. The van der Waals surface area contributed by atoms with Gasteiger partial charge in [-0.3, -0.25) is 0 Å². The molecule has 39 heavy (non-hydrogen) atoms. The van der Waals surface area contributed by atoms with Crippen molar-refractivity contribution < 1.29 is 23.0 Å². The lowest BCUT2D eigenvalue weighted by Crippen LogP contribution is -2.59. The summed E-state index contributed by atoms with van der Waals surface area (Å²) in [6, 6.07) is 8.60. The molecule has 4 fully saturated rings. The van der Waals surface area contributed by atoms with E-state index in [0.29, 0.717) is 34.8 Å². The number of ether oxygens (including phenoxy) is 1. The predicted octanol–water partition coefficient (Wildman–Crippen LogP) is 4.83. The Morgan fingerprint density at radius 3 is 2.59 bits per heavy atom. The number of para-hydroxylation sites is 1. The monoisotopic (exact) mass is 544 g/mol. The summed E-state index contributed by atoms with van der Waals surface area (Å²) in [5.74, 6) is 2.39. The van der Waals surface area contributed by atoms with Gasteiger partial charge in [-0.05, 0) is 80.7 Å². The SMILES string of the molecule is N#Cc1cnc(NCc2ccccc2OC(F)(F)F)nc1NC[C@@]12CC3C[C@H](C1)[C@@H](NCCCCO)[C@@H](C3)C2. The van der Waals surface area contributed by atoms with Gasteiger partial charge in [-0.2, -0.15) is 10.2 Å². The van der Waals surface area contributed by atoms with Gasteiger partial charge in [-0.15, -0.1) is 13.2 Å². The Labute approximate surface area is 226 Å². The number of rotatable bonds is 12. The number of halogens is 3. The molecule has 1 unspecified atom stereocenters. The number of nitrogens with zero attached hydrogens (tertiary/aromatic N) is 3. The number of unbranched alkanes of at least 4 members (excludes halogenated alkanes) is 1. The van der Waals surface area contributed by atoms with Crippen molar-refractivity contribution in [2.45, 2.75) is 63.9 Å². The quantitative estimate of drug-likeness (QED) is 0.281. The van der Waals surface area contributed by atoms with E-state index in [2.05, 4.69) is 36.7 Å². The number of nitriles is 1. The summed E-state index contributed by atoms with van der Waals surface area (Å²) in [6.07, 6.45) is 4.45. The van der Waals surface area contributed by atoms with Gasteiger partial charge in [0.2, 0.25) is 5.95 Å². The van der Waals surface area contributed by atoms with Gasteiger partial charge in [-0.1, -0.05) is 18.2 Å². The van der Waals surface area contributed by atoms with E-state index in [-0.39, 0.29) is 30.3 Å². The lowest BCUT2D eigenvalue weighted by atomic mass is 9.48. The second-order valence-corrected chi connectivity index (χ2v) is 11.3. The highest BCUT2D eigenvalue weighted by molar-refractivity contribution is 5.53. The number of alkyl halides is 3. The first kappa shape index (κ1) is 27.5. The summed E-state index contributed by atoms with van der Waals surface area (Å²) in [7, 11) is 0. The summed E-state index contributed by atoms with van der Waals surface area (Å²) in [5.41, 5.74) is 0.804. The van der Waals surface area contributed by atoms with Crippen LogP contribution < -0.4 is 20.7 Å². The molecule has 5 atom stereocenters. The summed E-state index contributed by atoms with van der Waals surface area (Å²) < 4.78 is 42.4. The molecule has 0 saturated heterocycles. The van der Waals surface area contributed by atoms with Crippen molar-refractivity contribution >= 4 is 11.8 Å². The Morgan fingerprint density at radius 2 is 1.87 bits per heavy atom. The zero-order valence-corrected chi connectivity index (χ0v) is 21.8. The molecule has 4 N–H and O–H groups in total. The van der Waals surface area contributed by atoms with Crippen LogP contribution in [0.25, 0.3) is 0 Å². The average molecular weight is 545 g/mol. The molecule has 1 heterocycles. The molecular weight excluding hydrogens is 509 g/mol. The van der Waals surface area contributed by atoms with E-state index in [4.69, 9.17) is 5.11 Å². The van der Waals surface area contributed by atoms with Gasteiger partial charge in [-0.25, -0.2) is 4.98 Å². The third kappa shape index (κ3) is 6.56. The number of hydrogen-bond acceptors (Lipinski definition) is 8. The topological polar surface area (TPSA) is 115 Å². The van der Waals surface area contributed by atoms with Crippen LogP contribution in [-0.4, -0.2) is 47.2 Å². The molecule has 4 bridgehead atoms. The zero-order chi connectivity index (χ0) is 27.5. The van der Waals surface area contributed by atoms with E-state index < -0.39 is 6.36 Å². The van der Waals surface area contributed by atoms with Crippen molar-refractivity contribution in [3.63, 3.8) is 0 Å². The molecule has 0 radical (unpaired) electrons. The van der Waals surface area contributed by atoms with Crippen LogP contribution in [-0.2, 0) is 6.54 Å². The second kappa shape index (κ2) is 11.6. The zero-order valence-electron chi connectivity index (χ0n) is 21.8. The van der Waals surface area contributed by atoms with Crippen LogP contribution in [0.15, 0.2) is 30.5 Å². The number of anilines is 2. The normalized spacial score (nSPS) is 27.3. The minimum Gasteiger partial charge on any atom is -0.405 e. The fraction of sp³-hybridized carbons (Fsp3) is 0.607. The first-order valence-electron chi connectivity index (χ1n) is 13.7. The fourth-order valence-electron chi connectivity index (χ4n) is 7.25. The second-order valence-electron chi connectivity index (χ2n) is 11.3. The molecule has 0 amide bonds. The number of nitrogens with one attached hydrogen (secondary N) is 3. The lowest BCUT2D eigenvalue weighted by Gasteiger charge is -2.60. The van der Waals surface area contributed by atoms with Crippen molar-refractivity contribution in [3.8, 4) is 11.8 Å². The minimum atomic E-state index is -4.79. The molecule has 1 aromatic carbocycles. The maximum atomic E-state index is 12.8. The third-order valence-electron chi connectivity index (χ3n) is 8.54. The summed E-state index contributed by atoms with van der Waals surface area (Å²) in [6.45, 7) is 1.93. The van der Waals surface area contributed by atoms with E-state index in [1.165, 1.54) is 37.6 Å². The molecule has 0 spiro atoms. The molecule has 0 aliphatic heterocycles. The highest BCUT2D eigenvalue weighted by Gasteiger charge is 2.55. The molecule has 4 aliphatic carbocycles. The van der Waals surface area contributed by atoms with Crippen LogP contribution in [0.1, 0.15) is 56.1 Å². The maximum Gasteiger partial charge on any atom is 0.573 e. The Kier molecular flexibility index (Phi) is 8.14. The Morgan fingerprint density at radius 1 is 1.10 bits per heavy atom. The molecule has 11 heteroatoms. The highest BCUT2D eigenvalue weighted by atomic mass is 19.4. The highest BCUT2D eigenvalue weighted by Crippen LogP contribution is 2.60. The van der Waals surface area contributed by atoms with Gasteiger partial charge in [0.1, 0.15) is 23.2 Å². The van der Waals surface area contributed by atoms with E-state index in [9.17, 15) is 18.4 Å². The summed E-state index contributed by atoms with van der Waals surface area (Å²) in [5, 5.41) is 28.9. The van der Waals surface area contributed by atoms with Gasteiger partial charge in [0.25, 0.3) is 0 Å². The molecule has 1 aromatic heterocycles. The van der Waals surface area contributed by atoms with E-state index in [0.717, 1.165) is 44.7 Å². The largest absolute Gasteiger partial charge is 0.573 e. The number of aliphatic hydroxyl groups is 1. The smallest absolute Gasteiger partial charge is 0.405 e. The predicted molar refractivity (Wildman–Crippen MR) is 140 cm³/mol. The van der Waals surface area contributed by atoms with Crippen LogP contribution in [0.5, 0.6) is 5.75 Å². The van der Waals surface area contributed by atoms with E-state index in [1.807, 2.05) is 0 Å². The Bertz CT molecular complexity index is 1170. The number of hydrogen-bond donors (Lipinski definition) is 4. The van der Waals surface area contributed by atoms with Gasteiger partial charge in [0, 0.05) is 31.3 Å². The van der Waals surface area contributed by atoms with Gasteiger partial charge < -0.3 is 25.8 Å². The van der Waals surface area contributed by atoms with Crippen molar-refractivity contribution in [2.75, 3.05) is 30.3 Å². The third-order valence-corrected chi connectivity index (χ3v) is 8.54. The Hall–Kier alpha value is -3.10. The van der Waals surface area contributed by atoms with E-state index >= 15 is 0 Å². The van der Waals surface area contributed by atoms with Crippen LogP contribution in [0.2, 0.25) is 0 Å². The summed E-state index contributed by atoms with van der Waals surface area (Å²) in [4.78, 5) is 8.69. The first-order valence-corrected chi connectivity index (χ1v) is 13.7. The number of aliphatic hydroxyl groups excluding tert-OH is 1.